The van der Waals surface area contributed by atoms with Gasteiger partial charge in [-0.3, -0.25) is 9.10 Å². The summed E-state index contributed by atoms with van der Waals surface area (Å²) in [7, 11) is -3.63. The summed E-state index contributed by atoms with van der Waals surface area (Å²) in [4.78, 5) is 12.8. The van der Waals surface area contributed by atoms with Crippen molar-refractivity contribution in [1.29, 1.82) is 0 Å². The number of amides is 1. The molecule has 3 aromatic rings. The molecule has 4 rings (SSSR count). The number of carbonyl (C=O) groups is 1. The summed E-state index contributed by atoms with van der Waals surface area (Å²) in [6.45, 7) is -0.160. The summed E-state index contributed by atoms with van der Waals surface area (Å²) in [5, 5.41) is 3.12. The molecule has 1 amide bonds. The van der Waals surface area contributed by atoms with E-state index >= 15 is 0 Å². The van der Waals surface area contributed by atoms with Crippen LogP contribution in [0.25, 0.3) is 0 Å². The number of halogens is 1. The Morgan fingerprint density at radius 2 is 1.74 bits per heavy atom. The number of benzene rings is 3. The zero-order valence-corrected chi connectivity index (χ0v) is 18.1. The van der Waals surface area contributed by atoms with Gasteiger partial charge in [0.15, 0.2) is 6.10 Å². The maximum absolute atomic E-state index is 12.8. The molecule has 0 spiro atoms. The molecule has 1 aliphatic rings. The number of anilines is 2. The molecule has 1 heterocycles. The number of carbonyl (C=O) groups excluding carboxylic acids is 1. The van der Waals surface area contributed by atoms with Gasteiger partial charge in [0.1, 0.15) is 17.2 Å². The third-order valence-corrected chi connectivity index (χ3v) is 5.97. The minimum absolute atomic E-state index is 0.160. The SMILES string of the molecule is CS(=O)(=O)N1C[C@H](C(=O)Nc2ccc(Oc3ccccc3)cc2)Oc2ccc(Cl)cc21. The number of para-hydroxylation sites is 1. The van der Waals surface area contributed by atoms with E-state index in [1.54, 1.807) is 36.4 Å². The first kappa shape index (κ1) is 21.0. The van der Waals surface area contributed by atoms with Crippen molar-refractivity contribution in [2.45, 2.75) is 6.10 Å². The second-order valence-corrected chi connectivity index (χ2v) is 9.28. The zero-order chi connectivity index (χ0) is 22.0. The van der Waals surface area contributed by atoms with E-state index in [2.05, 4.69) is 5.32 Å². The van der Waals surface area contributed by atoms with Crippen molar-refractivity contribution in [3.63, 3.8) is 0 Å². The maximum atomic E-state index is 12.8. The van der Waals surface area contributed by atoms with Crippen LogP contribution in [0.5, 0.6) is 17.2 Å². The lowest BCUT2D eigenvalue weighted by atomic mass is 10.2. The molecule has 9 heteroatoms. The summed E-state index contributed by atoms with van der Waals surface area (Å²) in [6.07, 6.45) is 0.0484. The van der Waals surface area contributed by atoms with Gasteiger partial charge in [0.2, 0.25) is 10.0 Å². The molecule has 7 nitrogen and oxygen atoms in total. The summed E-state index contributed by atoms with van der Waals surface area (Å²) in [5.41, 5.74) is 0.836. The van der Waals surface area contributed by atoms with Gasteiger partial charge in [0.05, 0.1) is 18.5 Å². The van der Waals surface area contributed by atoms with Gasteiger partial charge < -0.3 is 14.8 Å². The number of sulfonamides is 1. The van der Waals surface area contributed by atoms with Gasteiger partial charge in [-0.05, 0) is 54.6 Å². The molecule has 0 aromatic heterocycles. The summed E-state index contributed by atoms with van der Waals surface area (Å²) in [5.74, 6) is 1.13. The lowest BCUT2D eigenvalue weighted by molar-refractivity contribution is -0.122. The number of rotatable bonds is 5. The fourth-order valence-electron chi connectivity index (χ4n) is 3.13. The van der Waals surface area contributed by atoms with Gasteiger partial charge in [-0.1, -0.05) is 29.8 Å². The van der Waals surface area contributed by atoms with Gasteiger partial charge in [0, 0.05) is 10.7 Å². The fraction of sp³-hybridized carbons (Fsp3) is 0.136. The quantitative estimate of drug-likeness (QED) is 0.616. The molecule has 0 saturated carbocycles. The molecule has 1 N–H and O–H groups in total. The Kier molecular flexibility index (Phi) is 5.75. The lowest BCUT2D eigenvalue weighted by Crippen LogP contribution is -2.48. The van der Waals surface area contributed by atoms with Crippen LogP contribution < -0.4 is 19.1 Å². The lowest BCUT2D eigenvalue weighted by Gasteiger charge is -2.34. The average Bonchev–Trinajstić information content (AvgIpc) is 2.74. The smallest absolute Gasteiger partial charge is 0.267 e. The molecule has 0 aliphatic carbocycles. The van der Waals surface area contributed by atoms with E-state index in [4.69, 9.17) is 21.1 Å². The summed E-state index contributed by atoms with van der Waals surface area (Å²) in [6, 6.07) is 20.8. The summed E-state index contributed by atoms with van der Waals surface area (Å²) < 4.78 is 37.1. The van der Waals surface area contributed by atoms with Gasteiger partial charge in [0.25, 0.3) is 5.91 Å². The molecule has 1 aliphatic heterocycles. The highest BCUT2D eigenvalue weighted by Gasteiger charge is 2.35. The van der Waals surface area contributed by atoms with Crippen LogP contribution in [0.3, 0.4) is 0 Å². The molecule has 0 saturated heterocycles. The van der Waals surface area contributed by atoms with E-state index < -0.39 is 22.0 Å². The number of hydrogen-bond acceptors (Lipinski definition) is 5. The van der Waals surface area contributed by atoms with Gasteiger partial charge in [-0.2, -0.15) is 0 Å². The van der Waals surface area contributed by atoms with Gasteiger partial charge >= 0.3 is 0 Å². The van der Waals surface area contributed by atoms with Crippen molar-refractivity contribution in [3.05, 3.63) is 77.8 Å². The maximum Gasteiger partial charge on any atom is 0.267 e. The molecule has 0 fully saturated rings. The number of nitrogens with one attached hydrogen (secondary N) is 1. The van der Waals surface area contributed by atoms with Crippen LogP contribution >= 0.6 is 11.6 Å². The van der Waals surface area contributed by atoms with E-state index in [0.29, 0.717) is 27.9 Å². The largest absolute Gasteiger partial charge is 0.476 e. The van der Waals surface area contributed by atoms with E-state index in [1.165, 1.54) is 6.07 Å². The Hall–Kier alpha value is -3.23. The number of hydrogen-bond donors (Lipinski definition) is 1. The highest BCUT2D eigenvalue weighted by molar-refractivity contribution is 7.92. The van der Waals surface area contributed by atoms with E-state index in [9.17, 15) is 13.2 Å². The fourth-order valence-corrected chi connectivity index (χ4v) is 4.20. The standard InChI is InChI=1S/C22H19ClN2O5S/c1-31(27,28)25-14-21(30-20-12-7-15(23)13-19(20)25)22(26)24-16-8-10-18(11-9-16)29-17-5-3-2-4-6-17/h2-13,21H,14H2,1H3,(H,24,26)/t21-/m1/s1. The van der Waals surface area contributed by atoms with Crippen LogP contribution in [0.1, 0.15) is 0 Å². The predicted molar refractivity (Wildman–Crippen MR) is 120 cm³/mol. The normalized spacial score (nSPS) is 15.5. The Morgan fingerprint density at radius 3 is 2.42 bits per heavy atom. The highest BCUT2D eigenvalue weighted by Crippen LogP contribution is 2.37. The molecular formula is C22H19ClN2O5S. The minimum Gasteiger partial charge on any atom is -0.476 e. The summed E-state index contributed by atoms with van der Waals surface area (Å²) >= 11 is 6.00. The van der Waals surface area contributed by atoms with E-state index in [1.807, 2.05) is 30.3 Å². The molecule has 0 bridgehead atoms. The highest BCUT2D eigenvalue weighted by atomic mass is 35.5. The molecule has 1 atom stereocenters. The first-order valence-electron chi connectivity index (χ1n) is 9.37. The topological polar surface area (TPSA) is 84.9 Å². The molecule has 160 valence electrons. The first-order valence-corrected chi connectivity index (χ1v) is 11.6. The van der Waals surface area contributed by atoms with Crippen molar-refractivity contribution in [2.24, 2.45) is 0 Å². The van der Waals surface area contributed by atoms with Crippen LogP contribution in [-0.2, 0) is 14.8 Å². The number of nitrogens with zero attached hydrogens (tertiary/aromatic N) is 1. The van der Waals surface area contributed by atoms with Crippen LogP contribution in [0.2, 0.25) is 5.02 Å². The zero-order valence-electron chi connectivity index (χ0n) is 16.5. The number of ether oxygens (including phenoxy) is 2. The molecule has 0 radical (unpaired) electrons. The second-order valence-electron chi connectivity index (χ2n) is 6.94. The Balaban J connectivity index is 1.48. The molecular weight excluding hydrogens is 440 g/mol. The Morgan fingerprint density at radius 1 is 1.06 bits per heavy atom. The van der Waals surface area contributed by atoms with Crippen molar-refractivity contribution >= 4 is 38.9 Å². The van der Waals surface area contributed by atoms with Crippen LogP contribution in [0, 0.1) is 0 Å². The number of fused-ring (bicyclic) bond motifs is 1. The Bertz CT molecular complexity index is 1200. The third-order valence-electron chi connectivity index (χ3n) is 4.58. The van der Waals surface area contributed by atoms with Crippen molar-refractivity contribution in [1.82, 2.24) is 0 Å². The van der Waals surface area contributed by atoms with Crippen molar-refractivity contribution < 1.29 is 22.7 Å². The minimum atomic E-state index is -3.63. The molecule has 3 aromatic carbocycles. The van der Waals surface area contributed by atoms with Crippen molar-refractivity contribution in [2.75, 3.05) is 22.4 Å². The monoisotopic (exact) mass is 458 g/mol. The predicted octanol–water partition coefficient (Wildman–Crippen LogP) is 4.30. The van der Waals surface area contributed by atoms with Gasteiger partial charge in [-0.25, -0.2) is 8.42 Å². The third kappa shape index (κ3) is 4.92. The second kappa shape index (κ2) is 8.49. The van der Waals surface area contributed by atoms with E-state index in [-0.39, 0.29) is 12.3 Å². The van der Waals surface area contributed by atoms with E-state index in [0.717, 1.165) is 10.6 Å². The average molecular weight is 459 g/mol. The van der Waals surface area contributed by atoms with Crippen molar-refractivity contribution in [3.8, 4) is 17.2 Å². The first-order chi connectivity index (χ1) is 14.8. The van der Waals surface area contributed by atoms with Crippen LogP contribution in [0.15, 0.2) is 72.8 Å². The molecule has 0 unspecified atom stereocenters. The van der Waals surface area contributed by atoms with Crippen LogP contribution in [-0.4, -0.2) is 33.2 Å². The van der Waals surface area contributed by atoms with Crippen LogP contribution in [0.4, 0.5) is 11.4 Å². The Labute approximate surface area is 185 Å². The molecule has 31 heavy (non-hydrogen) atoms. The van der Waals surface area contributed by atoms with Gasteiger partial charge in [-0.15, -0.1) is 0 Å².